The number of aromatic hydroxyl groups is 3. The van der Waals surface area contributed by atoms with Crippen LogP contribution in [0.15, 0.2) is 146 Å². The number of anilines is 3. The van der Waals surface area contributed by atoms with Crippen LogP contribution in [0.1, 0.15) is 44.4 Å². The third kappa shape index (κ3) is 11.2. The molecule has 6 rings (SSSR count). The van der Waals surface area contributed by atoms with Crippen LogP contribution < -0.4 is 30.2 Å². The Morgan fingerprint density at radius 3 is 1.06 bits per heavy atom. The molecule has 6 aromatic carbocycles. The summed E-state index contributed by atoms with van der Waals surface area (Å²) in [5.41, 5.74) is 8.32. The minimum Gasteiger partial charge on any atom is -0.508 e. The van der Waals surface area contributed by atoms with Crippen LogP contribution in [0.3, 0.4) is 0 Å². The highest BCUT2D eigenvalue weighted by Crippen LogP contribution is 2.38. The summed E-state index contributed by atoms with van der Waals surface area (Å²) in [5, 5.41) is 42.3. The van der Waals surface area contributed by atoms with Gasteiger partial charge in [-0.15, -0.1) is 0 Å². The first kappa shape index (κ1) is 46.3. The highest BCUT2D eigenvalue weighted by atomic mass is 16.5. The van der Waals surface area contributed by atoms with Gasteiger partial charge in [-0.1, -0.05) is 81.3 Å². The van der Waals surface area contributed by atoms with Crippen molar-refractivity contribution in [1.82, 2.24) is 0 Å². The first-order chi connectivity index (χ1) is 31.0. The molecule has 0 unspecified atom stereocenters. The molecule has 0 aliphatic carbocycles. The van der Waals surface area contributed by atoms with Crippen molar-refractivity contribution < 1.29 is 43.9 Å². The van der Waals surface area contributed by atoms with E-state index in [1.807, 2.05) is 49.4 Å². The summed E-state index contributed by atoms with van der Waals surface area (Å²) in [6.45, 7) is 18.0. The van der Waals surface area contributed by atoms with Gasteiger partial charge in [-0.3, -0.25) is 0 Å². The molecule has 12 nitrogen and oxygen atoms in total. The third-order valence-electron chi connectivity index (χ3n) is 10.4. The summed E-state index contributed by atoms with van der Waals surface area (Å²) in [4.78, 5) is 37.7. The Morgan fingerprint density at radius 2 is 0.754 bits per heavy atom. The van der Waals surface area contributed by atoms with E-state index < -0.39 is 17.9 Å². The summed E-state index contributed by atoms with van der Waals surface area (Å²) in [5.74, 6) is -0.836. The third-order valence-corrected chi connectivity index (χ3v) is 10.4. The lowest BCUT2D eigenvalue weighted by Crippen LogP contribution is -2.11. The molecule has 12 heteroatoms. The molecule has 332 valence electrons. The topological polar surface area (TPSA) is 176 Å². The number of nitrogens with one attached hydrogen (secondary N) is 3. The molecule has 0 aromatic heterocycles. The monoisotopic (exact) mass is 873 g/mol. The molecule has 0 saturated heterocycles. The van der Waals surface area contributed by atoms with Crippen molar-refractivity contribution in [3.05, 3.63) is 162 Å². The molecule has 6 N–H and O–H groups in total. The molecule has 0 spiro atoms. The zero-order valence-corrected chi connectivity index (χ0v) is 36.9. The van der Waals surface area contributed by atoms with Crippen molar-refractivity contribution in [3.63, 3.8) is 0 Å². The number of phenols is 3. The molecule has 0 bridgehead atoms. The fourth-order valence-corrected chi connectivity index (χ4v) is 6.63. The number of carbonyl (C=O) groups is 3. The number of ether oxygens (including phenoxy) is 3. The molecule has 0 radical (unpaired) electrons. The second-order valence-electron chi connectivity index (χ2n) is 15.5. The van der Waals surface area contributed by atoms with Gasteiger partial charge in [0.2, 0.25) is 0 Å². The van der Waals surface area contributed by atoms with Gasteiger partial charge in [0.05, 0.1) is 17.1 Å². The summed E-state index contributed by atoms with van der Waals surface area (Å²) >= 11 is 0. The quantitative estimate of drug-likeness (QED) is 0.0291. The predicted molar refractivity (Wildman–Crippen MR) is 256 cm³/mol. The molecule has 6 aromatic rings. The maximum absolute atomic E-state index is 12.8. The van der Waals surface area contributed by atoms with E-state index in [2.05, 4.69) is 35.7 Å². The van der Waals surface area contributed by atoms with Gasteiger partial charge in [0.15, 0.2) is 17.2 Å². The van der Waals surface area contributed by atoms with E-state index in [1.54, 1.807) is 94.5 Å². The van der Waals surface area contributed by atoms with Gasteiger partial charge in [-0.2, -0.15) is 0 Å². The van der Waals surface area contributed by atoms with Gasteiger partial charge in [0.25, 0.3) is 0 Å². The van der Waals surface area contributed by atoms with Crippen LogP contribution in [0, 0.1) is 0 Å². The number of carbonyl (C=O) groups excluding carboxylic acids is 3. The Kier molecular flexibility index (Phi) is 14.4. The van der Waals surface area contributed by atoms with Gasteiger partial charge >= 0.3 is 17.9 Å². The van der Waals surface area contributed by atoms with Crippen molar-refractivity contribution in [2.24, 2.45) is 0 Å². The zero-order chi connectivity index (χ0) is 46.9. The molecule has 0 heterocycles. The van der Waals surface area contributed by atoms with E-state index in [-0.39, 0.29) is 58.6 Å². The first-order valence-electron chi connectivity index (χ1n) is 20.7. The molecule has 0 fully saturated rings. The molecule has 0 amide bonds. The number of phenolic OH excluding ortho intramolecular Hbond substituents is 3. The maximum Gasteiger partial charge on any atom is 0.338 e. The standard InChI is InChI=1S/C53H51N3O9/c1-9-33-10-11-34(22-45(33)57)38-17-20-43(49(26-38)64-52(61)31(4)5)55-29-41-15-13-36(24-47(41)59)39-18-21-44(50(27-39)65-53(62)32(6)7)56-28-40-14-12-35(23-46(40)58)37-16-19-42(54-8)48(25-37)63-51(60)30(2)3/h10-27,54-59H,2,4,6,9,28-29H2,1,3,5,7-8H3. The highest BCUT2D eigenvalue weighted by molar-refractivity contribution is 5.92. The van der Waals surface area contributed by atoms with Crippen LogP contribution in [0.4, 0.5) is 17.1 Å². The molecule has 0 saturated carbocycles. The van der Waals surface area contributed by atoms with Crippen LogP contribution in [-0.4, -0.2) is 40.3 Å². The average Bonchev–Trinajstić information content (AvgIpc) is 3.28. The summed E-state index contributed by atoms with van der Waals surface area (Å²) in [7, 11) is 1.72. The van der Waals surface area contributed by atoms with Crippen molar-refractivity contribution in [2.75, 3.05) is 23.0 Å². The molecule has 0 atom stereocenters. The van der Waals surface area contributed by atoms with E-state index in [0.29, 0.717) is 62.6 Å². The van der Waals surface area contributed by atoms with Gasteiger partial charge in [-0.05, 0) is 121 Å². The minimum atomic E-state index is -0.631. The number of rotatable bonds is 17. The Labute approximate surface area is 378 Å². The van der Waals surface area contributed by atoms with E-state index >= 15 is 0 Å². The van der Waals surface area contributed by atoms with Crippen LogP contribution >= 0.6 is 0 Å². The Hall–Kier alpha value is -8.25. The summed E-state index contributed by atoms with van der Waals surface area (Å²) in [6, 6.07) is 31.7. The van der Waals surface area contributed by atoms with E-state index in [1.165, 1.54) is 0 Å². The number of hydrogen-bond donors (Lipinski definition) is 6. The molecular weight excluding hydrogens is 823 g/mol. The first-order valence-corrected chi connectivity index (χ1v) is 20.7. The van der Waals surface area contributed by atoms with Gasteiger partial charge in [0, 0.05) is 48.0 Å². The number of esters is 3. The van der Waals surface area contributed by atoms with Crippen molar-refractivity contribution >= 4 is 35.0 Å². The van der Waals surface area contributed by atoms with E-state index in [4.69, 9.17) is 14.2 Å². The second kappa shape index (κ2) is 20.3. The van der Waals surface area contributed by atoms with Gasteiger partial charge in [-0.25, -0.2) is 14.4 Å². The minimum absolute atomic E-state index is 0.00948. The normalized spacial score (nSPS) is 10.7. The SMILES string of the molecule is C=C(C)C(=O)Oc1cc(-c2ccc(CNc3ccc(-c4ccc(CNc5ccc(-c6ccc(CC)c(O)c6)cc5OC(=O)C(=C)C)c(O)c4)cc3OC(=O)C(=C)C)c(O)c2)ccc1NC. The van der Waals surface area contributed by atoms with Crippen LogP contribution in [0.5, 0.6) is 34.5 Å². The van der Waals surface area contributed by atoms with Gasteiger partial charge < -0.3 is 45.5 Å². The molecule has 0 aliphatic heterocycles. The lowest BCUT2D eigenvalue weighted by Gasteiger charge is -2.16. The van der Waals surface area contributed by atoms with E-state index in [9.17, 15) is 29.7 Å². The highest BCUT2D eigenvalue weighted by Gasteiger charge is 2.18. The van der Waals surface area contributed by atoms with E-state index in [0.717, 1.165) is 16.7 Å². The summed E-state index contributed by atoms with van der Waals surface area (Å²) in [6.07, 6.45) is 0.682. The molecule has 0 aliphatic rings. The Bertz CT molecular complexity index is 2860. The maximum atomic E-state index is 12.8. The van der Waals surface area contributed by atoms with Gasteiger partial charge in [0.1, 0.15) is 17.2 Å². The Balaban J connectivity index is 1.20. The van der Waals surface area contributed by atoms with Crippen LogP contribution in [0.2, 0.25) is 0 Å². The Morgan fingerprint density at radius 1 is 0.462 bits per heavy atom. The number of hydrogen-bond acceptors (Lipinski definition) is 12. The molecule has 65 heavy (non-hydrogen) atoms. The largest absolute Gasteiger partial charge is 0.508 e. The lowest BCUT2D eigenvalue weighted by atomic mass is 10.0. The number of benzene rings is 6. The smallest absolute Gasteiger partial charge is 0.338 e. The number of aryl methyl sites for hydroxylation is 1. The zero-order valence-electron chi connectivity index (χ0n) is 36.9. The second-order valence-corrected chi connectivity index (χ2v) is 15.5. The summed E-state index contributed by atoms with van der Waals surface area (Å²) < 4.78 is 17.0. The predicted octanol–water partition coefficient (Wildman–Crippen LogP) is 11.1. The van der Waals surface area contributed by atoms with Crippen molar-refractivity contribution in [2.45, 2.75) is 47.2 Å². The fraction of sp³-hybridized carbons (Fsp3) is 0.151. The fourth-order valence-electron chi connectivity index (χ4n) is 6.63. The lowest BCUT2D eigenvalue weighted by molar-refractivity contribution is -0.130. The van der Waals surface area contributed by atoms with Crippen molar-refractivity contribution in [1.29, 1.82) is 0 Å². The van der Waals surface area contributed by atoms with Crippen LogP contribution in [-0.2, 0) is 33.9 Å². The molecular formula is C53H51N3O9. The van der Waals surface area contributed by atoms with Crippen molar-refractivity contribution in [3.8, 4) is 67.9 Å². The van der Waals surface area contributed by atoms with Crippen LogP contribution in [0.25, 0.3) is 33.4 Å². The average molecular weight is 874 g/mol.